The van der Waals surface area contributed by atoms with Gasteiger partial charge in [-0.25, -0.2) is 18.1 Å². The Labute approximate surface area is 140 Å². The van der Waals surface area contributed by atoms with E-state index in [1.54, 1.807) is 12.1 Å². The third-order valence-electron chi connectivity index (χ3n) is 4.34. The van der Waals surface area contributed by atoms with Gasteiger partial charge in [0.1, 0.15) is 0 Å². The zero-order chi connectivity index (χ0) is 16.7. The van der Waals surface area contributed by atoms with Crippen LogP contribution in [0.5, 0.6) is 0 Å². The Bertz CT molecular complexity index is 977. The summed E-state index contributed by atoms with van der Waals surface area (Å²) in [6.07, 6.45) is 2.07. The first kappa shape index (κ1) is 15.0. The molecule has 0 fully saturated rings. The van der Waals surface area contributed by atoms with Crippen molar-refractivity contribution in [2.24, 2.45) is 0 Å². The van der Waals surface area contributed by atoms with E-state index >= 15 is 0 Å². The number of nitrogens with one attached hydrogen (secondary N) is 2. The molecule has 0 atom stereocenters. The summed E-state index contributed by atoms with van der Waals surface area (Å²) in [5, 5.41) is 0. The molecule has 0 aliphatic carbocycles. The predicted molar refractivity (Wildman–Crippen MR) is 94.9 cm³/mol. The molecule has 0 unspecified atom stereocenters. The van der Waals surface area contributed by atoms with Gasteiger partial charge in [-0.2, -0.15) is 0 Å². The molecule has 0 saturated heterocycles. The lowest BCUT2D eigenvalue weighted by atomic mass is 10.0. The van der Waals surface area contributed by atoms with Crippen LogP contribution < -0.4 is 9.62 Å². The Morgan fingerprint density at radius 1 is 1.21 bits per heavy atom. The summed E-state index contributed by atoms with van der Waals surface area (Å²) in [7, 11) is -1.70. The second-order valence-electron chi connectivity index (χ2n) is 6.02. The summed E-state index contributed by atoms with van der Waals surface area (Å²) >= 11 is 0. The van der Waals surface area contributed by atoms with E-state index in [0.29, 0.717) is 0 Å². The highest BCUT2D eigenvalue weighted by Gasteiger charge is 2.21. The van der Waals surface area contributed by atoms with Gasteiger partial charge in [-0.1, -0.05) is 18.2 Å². The number of hydrogen-bond acceptors (Lipinski definition) is 4. The van der Waals surface area contributed by atoms with Crippen molar-refractivity contribution in [2.45, 2.75) is 17.7 Å². The molecule has 2 N–H and O–H groups in total. The monoisotopic (exact) mass is 342 g/mol. The van der Waals surface area contributed by atoms with Gasteiger partial charge < -0.3 is 9.88 Å². The molecule has 4 rings (SSSR count). The van der Waals surface area contributed by atoms with Crippen LogP contribution in [0.4, 0.5) is 11.6 Å². The average Bonchev–Trinajstić information content (AvgIpc) is 2.96. The number of imidazole rings is 1. The van der Waals surface area contributed by atoms with Crippen LogP contribution in [0.1, 0.15) is 12.0 Å². The summed E-state index contributed by atoms with van der Waals surface area (Å²) in [6, 6.07) is 12.7. The summed E-state index contributed by atoms with van der Waals surface area (Å²) < 4.78 is 27.9. The van der Waals surface area contributed by atoms with Crippen LogP contribution in [0.3, 0.4) is 0 Å². The third-order valence-corrected chi connectivity index (χ3v) is 5.67. The van der Waals surface area contributed by atoms with Crippen LogP contribution in [-0.2, 0) is 16.4 Å². The minimum atomic E-state index is -3.69. The maximum absolute atomic E-state index is 12.7. The van der Waals surface area contributed by atoms with E-state index in [4.69, 9.17) is 0 Å². The van der Waals surface area contributed by atoms with Crippen molar-refractivity contribution in [1.82, 2.24) is 9.97 Å². The standard InChI is InChI=1S/C17H18N4O2S/c1-21-10-4-5-12-8-9-13(11-16(12)21)24(22,23)20-17-18-14-6-2-3-7-15(14)19-17/h2-3,6-9,11H,4-5,10H2,1H3,(H2,18,19,20). The van der Waals surface area contributed by atoms with Gasteiger partial charge in [-0.3, -0.25) is 0 Å². The Hall–Kier alpha value is -2.54. The fourth-order valence-electron chi connectivity index (χ4n) is 3.09. The molecule has 0 bridgehead atoms. The lowest BCUT2D eigenvalue weighted by Gasteiger charge is -2.27. The van der Waals surface area contributed by atoms with Gasteiger partial charge in [0.25, 0.3) is 10.0 Å². The summed E-state index contributed by atoms with van der Waals surface area (Å²) in [5.41, 5.74) is 3.68. The molecule has 0 amide bonds. The Morgan fingerprint density at radius 2 is 2.04 bits per heavy atom. The maximum Gasteiger partial charge on any atom is 0.264 e. The summed E-state index contributed by atoms with van der Waals surface area (Å²) in [4.78, 5) is 9.59. The molecular formula is C17H18N4O2S. The third kappa shape index (κ3) is 2.60. The van der Waals surface area contributed by atoms with E-state index in [1.165, 1.54) is 5.56 Å². The van der Waals surface area contributed by atoms with Crippen molar-refractivity contribution in [1.29, 1.82) is 0 Å². The fourth-order valence-corrected chi connectivity index (χ4v) is 4.08. The number of aromatic nitrogens is 2. The number of hydrogen-bond donors (Lipinski definition) is 2. The number of aromatic amines is 1. The number of aryl methyl sites for hydroxylation is 1. The van der Waals surface area contributed by atoms with E-state index in [9.17, 15) is 8.42 Å². The minimum absolute atomic E-state index is 0.224. The van der Waals surface area contributed by atoms with Gasteiger partial charge in [0.15, 0.2) is 0 Å². The molecule has 1 aliphatic heterocycles. The predicted octanol–water partition coefficient (Wildman–Crippen LogP) is 2.75. The second kappa shape index (κ2) is 5.52. The highest BCUT2D eigenvalue weighted by Crippen LogP contribution is 2.29. The Kier molecular flexibility index (Phi) is 3.45. The molecule has 0 saturated carbocycles. The zero-order valence-electron chi connectivity index (χ0n) is 13.3. The number of benzene rings is 2. The number of H-pyrrole nitrogens is 1. The van der Waals surface area contributed by atoms with Gasteiger partial charge in [0, 0.05) is 19.3 Å². The van der Waals surface area contributed by atoms with Crippen LogP contribution in [0, 0.1) is 0 Å². The van der Waals surface area contributed by atoms with Gasteiger partial charge in [0.2, 0.25) is 5.95 Å². The van der Waals surface area contributed by atoms with Crippen molar-refractivity contribution in [2.75, 3.05) is 23.2 Å². The highest BCUT2D eigenvalue weighted by molar-refractivity contribution is 7.92. The van der Waals surface area contributed by atoms with Gasteiger partial charge in [0.05, 0.1) is 15.9 Å². The van der Waals surface area contributed by atoms with Crippen LogP contribution in [0.25, 0.3) is 11.0 Å². The van der Waals surface area contributed by atoms with Crippen molar-refractivity contribution < 1.29 is 8.42 Å². The highest BCUT2D eigenvalue weighted by atomic mass is 32.2. The molecule has 7 heteroatoms. The molecule has 6 nitrogen and oxygen atoms in total. The summed E-state index contributed by atoms with van der Waals surface area (Å²) in [5.74, 6) is 0.224. The minimum Gasteiger partial charge on any atom is -0.374 e. The first-order chi connectivity index (χ1) is 11.5. The second-order valence-corrected chi connectivity index (χ2v) is 7.71. The molecule has 0 spiro atoms. The zero-order valence-corrected chi connectivity index (χ0v) is 14.1. The number of anilines is 2. The lowest BCUT2D eigenvalue weighted by Crippen LogP contribution is -2.25. The van der Waals surface area contributed by atoms with Gasteiger partial charge in [-0.05, 0) is 42.7 Å². The van der Waals surface area contributed by atoms with Crippen molar-refractivity contribution >= 4 is 32.7 Å². The number of sulfonamides is 1. The van der Waals surface area contributed by atoms with Gasteiger partial charge in [-0.15, -0.1) is 0 Å². The number of nitrogens with zero attached hydrogens (tertiary/aromatic N) is 2. The smallest absolute Gasteiger partial charge is 0.264 e. The molecule has 24 heavy (non-hydrogen) atoms. The van der Waals surface area contributed by atoms with Crippen molar-refractivity contribution in [3.63, 3.8) is 0 Å². The molecule has 1 aromatic heterocycles. The SMILES string of the molecule is CN1CCCc2ccc(S(=O)(=O)Nc3nc4ccccc4[nH]3)cc21. The van der Waals surface area contributed by atoms with Gasteiger partial charge >= 0.3 is 0 Å². The lowest BCUT2D eigenvalue weighted by molar-refractivity contribution is 0.600. The molecule has 2 heterocycles. The molecular weight excluding hydrogens is 324 g/mol. The number of para-hydroxylation sites is 2. The molecule has 2 aromatic carbocycles. The van der Waals surface area contributed by atoms with Crippen molar-refractivity contribution in [3.8, 4) is 0 Å². The van der Waals surface area contributed by atoms with Crippen LogP contribution in [-0.4, -0.2) is 32.0 Å². The first-order valence-corrected chi connectivity index (χ1v) is 9.33. The number of rotatable bonds is 3. The van der Waals surface area contributed by atoms with E-state index < -0.39 is 10.0 Å². The molecule has 1 aliphatic rings. The topological polar surface area (TPSA) is 78.1 Å². The Balaban J connectivity index is 1.68. The molecule has 3 aromatic rings. The van der Waals surface area contributed by atoms with E-state index in [2.05, 4.69) is 19.6 Å². The maximum atomic E-state index is 12.7. The quantitative estimate of drug-likeness (QED) is 0.767. The normalized spacial score (nSPS) is 14.6. The van der Waals surface area contributed by atoms with E-state index in [0.717, 1.165) is 36.1 Å². The summed E-state index contributed by atoms with van der Waals surface area (Å²) in [6.45, 7) is 0.938. The molecule has 0 radical (unpaired) electrons. The average molecular weight is 342 g/mol. The first-order valence-electron chi connectivity index (χ1n) is 7.84. The largest absolute Gasteiger partial charge is 0.374 e. The van der Waals surface area contributed by atoms with Crippen LogP contribution in [0.2, 0.25) is 0 Å². The van der Waals surface area contributed by atoms with E-state index in [-0.39, 0.29) is 10.8 Å². The van der Waals surface area contributed by atoms with Crippen molar-refractivity contribution in [3.05, 3.63) is 48.0 Å². The molecule has 124 valence electrons. The van der Waals surface area contributed by atoms with Crippen LogP contribution >= 0.6 is 0 Å². The van der Waals surface area contributed by atoms with Crippen LogP contribution in [0.15, 0.2) is 47.4 Å². The Morgan fingerprint density at radius 3 is 2.88 bits per heavy atom. The van der Waals surface area contributed by atoms with E-state index in [1.807, 2.05) is 37.4 Å². The fraction of sp³-hybridized carbons (Fsp3) is 0.235. The number of fused-ring (bicyclic) bond motifs is 2.